The van der Waals surface area contributed by atoms with Crippen LogP contribution in [0.15, 0.2) is 48.8 Å². The first-order valence-electron chi connectivity index (χ1n) is 8.10. The standard InChI is InChI=1S/C19H22N2O2/c1-14-10-16(12-20-11-14)19(22)21-17-8-5-9-18(17)23-13-15-6-3-2-4-7-15/h2-4,6-7,10-12,17-18H,5,8-9,13H2,1H3,(H,21,22)/t17-,18?/m0/s1. The predicted octanol–water partition coefficient (Wildman–Crippen LogP) is 3.26. The first-order valence-corrected chi connectivity index (χ1v) is 8.10. The lowest BCUT2D eigenvalue weighted by Gasteiger charge is -2.21. The number of benzene rings is 1. The lowest BCUT2D eigenvalue weighted by Crippen LogP contribution is -2.41. The molecule has 1 unspecified atom stereocenters. The molecule has 4 nitrogen and oxygen atoms in total. The van der Waals surface area contributed by atoms with Gasteiger partial charge in [-0.15, -0.1) is 0 Å². The van der Waals surface area contributed by atoms with Crippen LogP contribution >= 0.6 is 0 Å². The molecule has 0 aliphatic heterocycles. The number of carbonyl (C=O) groups excluding carboxylic acids is 1. The van der Waals surface area contributed by atoms with Gasteiger partial charge in [0.2, 0.25) is 0 Å². The maximum atomic E-state index is 12.4. The maximum absolute atomic E-state index is 12.4. The van der Waals surface area contributed by atoms with Gasteiger partial charge in [-0.25, -0.2) is 0 Å². The molecule has 1 fully saturated rings. The van der Waals surface area contributed by atoms with Crippen molar-refractivity contribution in [3.63, 3.8) is 0 Å². The first kappa shape index (κ1) is 15.7. The Morgan fingerprint density at radius 3 is 2.87 bits per heavy atom. The van der Waals surface area contributed by atoms with E-state index >= 15 is 0 Å². The Labute approximate surface area is 136 Å². The summed E-state index contributed by atoms with van der Waals surface area (Å²) in [5, 5.41) is 3.10. The molecular formula is C19H22N2O2. The fourth-order valence-electron chi connectivity index (χ4n) is 3.00. The Bertz CT molecular complexity index is 657. The average Bonchev–Trinajstić information content (AvgIpc) is 3.01. The summed E-state index contributed by atoms with van der Waals surface area (Å²) >= 11 is 0. The number of nitrogens with one attached hydrogen (secondary N) is 1. The van der Waals surface area contributed by atoms with Crippen LogP contribution in [0.1, 0.15) is 40.7 Å². The van der Waals surface area contributed by atoms with Gasteiger partial charge in [-0.3, -0.25) is 9.78 Å². The molecule has 0 spiro atoms. The molecule has 1 aliphatic carbocycles. The summed E-state index contributed by atoms with van der Waals surface area (Å²) < 4.78 is 6.03. The van der Waals surface area contributed by atoms with E-state index in [1.54, 1.807) is 12.4 Å². The van der Waals surface area contributed by atoms with E-state index < -0.39 is 0 Å². The number of carbonyl (C=O) groups is 1. The second-order valence-corrected chi connectivity index (χ2v) is 6.10. The molecular weight excluding hydrogens is 288 g/mol. The van der Waals surface area contributed by atoms with E-state index in [0.29, 0.717) is 12.2 Å². The van der Waals surface area contributed by atoms with E-state index in [0.717, 1.165) is 30.4 Å². The van der Waals surface area contributed by atoms with Crippen molar-refractivity contribution in [1.82, 2.24) is 10.3 Å². The molecule has 0 saturated heterocycles. The van der Waals surface area contributed by atoms with Crippen molar-refractivity contribution >= 4 is 5.91 Å². The molecule has 1 heterocycles. The summed E-state index contributed by atoms with van der Waals surface area (Å²) in [5.74, 6) is -0.0681. The Balaban J connectivity index is 1.57. The molecule has 1 saturated carbocycles. The van der Waals surface area contributed by atoms with Gasteiger partial charge >= 0.3 is 0 Å². The maximum Gasteiger partial charge on any atom is 0.253 e. The fourth-order valence-corrected chi connectivity index (χ4v) is 3.00. The fraction of sp³-hybridized carbons (Fsp3) is 0.368. The predicted molar refractivity (Wildman–Crippen MR) is 89.1 cm³/mol. The van der Waals surface area contributed by atoms with E-state index in [9.17, 15) is 4.79 Å². The molecule has 1 amide bonds. The van der Waals surface area contributed by atoms with Crippen molar-refractivity contribution in [3.05, 3.63) is 65.5 Å². The summed E-state index contributed by atoms with van der Waals surface area (Å²) in [5.41, 5.74) is 2.76. The van der Waals surface area contributed by atoms with Crippen LogP contribution in [0.4, 0.5) is 0 Å². The van der Waals surface area contributed by atoms with Crippen molar-refractivity contribution in [3.8, 4) is 0 Å². The van der Waals surface area contributed by atoms with Crippen molar-refractivity contribution < 1.29 is 9.53 Å². The van der Waals surface area contributed by atoms with Crippen molar-refractivity contribution in [2.75, 3.05) is 0 Å². The molecule has 2 aromatic rings. The van der Waals surface area contributed by atoms with Gasteiger partial charge < -0.3 is 10.1 Å². The van der Waals surface area contributed by atoms with Crippen LogP contribution in [0.5, 0.6) is 0 Å². The van der Waals surface area contributed by atoms with Crippen LogP contribution in [-0.4, -0.2) is 23.0 Å². The normalized spacial score (nSPS) is 20.4. The van der Waals surface area contributed by atoms with Gasteiger partial charge in [-0.2, -0.15) is 0 Å². The summed E-state index contributed by atoms with van der Waals surface area (Å²) in [6, 6.07) is 12.1. The zero-order valence-electron chi connectivity index (χ0n) is 13.4. The van der Waals surface area contributed by atoms with E-state index in [4.69, 9.17) is 4.74 Å². The lowest BCUT2D eigenvalue weighted by molar-refractivity contribution is 0.0272. The number of nitrogens with zero attached hydrogens (tertiary/aromatic N) is 1. The highest BCUT2D eigenvalue weighted by Gasteiger charge is 2.29. The first-order chi connectivity index (χ1) is 11.2. The Hall–Kier alpha value is -2.20. The van der Waals surface area contributed by atoms with Gasteiger partial charge in [0.25, 0.3) is 5.91 Å². The number of amides is 1. The molecule has 1 N–H and O–H groups in total. The monoisotopic (exact) mass is 310 g/mol. The zero-order valence-corrected chi connectivity index (χ0v) is 13.4. The van der Waals surface area contributed by atoms with Crippen LogP contribution in [0, 0.1) is 6.92 Å². The largest absolute Gasteiger partial charge is 0.371 e. The third-order valence-corrected chi connectivity index (χ3v) is 4.21. The second-order valence-electron chi connectivity index (χ2n) is 6.10. The highest BCUT2D eigenvalue weighted by atomic mass is 16.5. The molecule has 1 aliphatic rings. The van der Waals surface area contributed by atoms with E-state index in [1.165, 1.54) is 0 Å². The van der Waals surface area contributed by atoms with E-state index in [-0.39, 0.29) is 18.1 Å². The third-order valence-electron chi connectivity index (χ3n) is 4.21. The minimum Gasteiger partial charge on any atom is -0.371 e. The average molecular weight is 310 g/mol. The molecule has 2 atom stereocenters. The quantitative estimate of drug-likeness (QED) is 0.922. The second kappa shape index (κ2) is 7.38. The number of hydrogen-bond acceptors (Lipinski definition) is 3. The third kappa shape index (κ3) is 4.17. The van der Waals surface area contributed by atoms with Gasteiger partial charge in [0.05, 0.1) is 24.3 Å². The van der Waals surface area contributed by atoms with Gasteiger partial charge in [0.1, 0.15) is 0 Å². The SMILES string of the molecule is Cc1cncc(C(=O)N[C@H]2CCCC2OCc2ccccc2)c1. The Morgan fingerprint density at radius 1 is 1.26 bits per heavy atom. The Kier molecular flexibility index (Phi) is 5.03. The summed E-state index contributed by atoms with van der Waals surface area (Å²) in [6.07, 6.45) is 6.47. The van der Waals surface area contributed by atoms with Crippen molar-refractivity contribution in [2.24, 2.45) is 0 Å². The summed E-state index contributed by atoms with van der Waals surface area (Å²) in [6.45, 7) is 2.52. The van der Waals surface area contributed by atoms with Gasteiger partial charge in [0.15, 0.2) is 0 Å². The molecule has 1 aromatic heterocycles. The molecule has 23 heavy (non-hydrogen) atoms. The van der Waals surface area contributed by atoms with Crippen LogP contribution in [0.25, 0.3) is 0 Å². The number of aryl methyl sites for hydroxylation is 1. The highest BCUT2D eigenvalue weighted by Crippen LogP contribution is 2.23. The smallest absolute Gasteiger partial charge is 0.253 e. The van der Waals surface area contributed by atoms with Crippen molar-refractivity contribution in [2.45, 2.75) is 44.9 Å². The lowest BCUT2D eigenvalue weighted by atomic mass is 10.1. The highest BCUT2D eigenvalue weighted by molar-refractivity contribution is 5.94. The minimum absolute atomic E-state index is 0.0681. The molecule has 0 bridgehead atoms. The van der Waals surface area contributed by atoms with Gasteiger partial charge in [-0.1, -0.05) is 30.3 Å². The number of pyridine rings is 1. The van der Waals surface area contributed by atoms with Gasteiger partial charge in [-0.05, 0) is 43.4 Å². The zero-order chi connectivity index (χ0) is 16.1. The van der Waals surface area contributed by atoms with Crippen LogP contribution in [-0.2, 0) is 11.3 Å². The topological polar surface area (TPSA) is 51.2 Å². The van der Waals surface area contributed by atoms with Crippen LogP contribution in [0.2, 0.25) is 0 Å². The van der Waals surface area contributed by atoms with E-state index in [2.05, 4.69) is 22.4 Å². The molecule has 120 valence electrons. The summed E-state index contributed by atoms with van der Waals surface area (Å²) in [4.78, 5) is 16.4. The number of aromatic nitrogens is 1. The number of hydrogen-bond donors (Lipinski definition) is 1. The molecule has 0 radical (unpaired) electrons. The van der Waals surface area contributed by atoms with E-state index in [1.807, 2.05) is 31.2 Å². The van der Waals surface area contributed by atoms with Crippen LogP contribution in [0.3, 0.4) is 0 Å². The minimum atomic E-state index is -0.0681. The molecule has 1 aromatic carbocycles. The Morgan fingerprint density at radius 2 is 2.09 bits per heavy atom. The molecule has 4 heteroatoms. The molecule has 3 rings (SSSR count). The number of rotatable bonds is 5. The number of ether oxygens (including phenoxy) is 1. The summed E-state index contributed by atoms with van der Waals surface area (Å²) in [7, 11) is 0. The van der Waals surface area contributed by atoms with Crippen LogP contribution < -0.4 is 5.32 Å². The van der Waals surface area contributed by atoms with Gasteiger partial charge in [0, 0.05) is 12.4 Å². The van der Waals surface area contributed by atoms with Crippen molar-refractivity contribution in [1.29, 1.82) is 0 Å².